The fraction of sp³-hybridized carbons (Fsp3) is 0.667. The number of aliphatic hydroxyl groups is 3. The lowest BCUT2D eigenvalue weighted by Crippen LogP contribution is -2.34. The lowest BCUT2D eigenvalue weighted by molar-refractivity contribution is -0.759. The summed E-state index contributed by atoms with van der Waals surface area (Å²) in [5, 5.41) is 43.0. The predicted molar refractivity (Wildman–Crippen MR) is 91.5 cm³/mol. The van der Waals surface area contributed by atoms with Gasteiger partial charge in [0.25, 0.3) is 5.09 Å². The molecule has 0 unspecified atom stereocenters. The topological polar surface area (TPSA) is 178 Å². The zero-order valence-corrected chi connectivity index (χ0v) is 14.7. The molecule has 2 fully saturated rings. The standard InChI is InChI=1S/C15H20N6O7/c22-8-3-1-2-7(8)19-13-10-14(17-5-16-13)20(6-18-10)15-12(24)11(23)9(28-15)4-27-21(25)26/h5-9,11-12,15,22-24H,1-4H2,(H,16,17,19)/t7-,8+,9+,11+,12+,15+/m0/s1. The summed E-state index contributed by atoms with van der Waals surface area (Å²) in [5.41, 5.74) is 0.758. The normalized spacial score (nSPS) is 32.7. The largest absolute Gasteiger partial charge is 0.391 e. The van der Waals surface area contributed by atoms with Gasteiger partial charge in [0.05, 0.1) is 18.5 Å². The Morgan fingerprint density at radius 2 is 2.11 bits per heavy atom. The fourth-order valence-electron chi connectivity index (χ4n) is 3.66. The Morgan fingerprint density at radius 3 is 2.82 bits per heavy atom. The van der Waals surface area contributed by atoms with Gasteiger partial charge in [-0.15, -0.1) is 10.1 Å². The highest BCUT2D eigenvalue weighted by Crippen LogP contribution is 2.33. The monoisotopic (exact) mass is 396 g/mol. The first-order valence-corrected chi connectivity index (χ1v) is 8.86. The van der Waals surface area contributed by atoms with Gasteiger partial charge in [0.2, 0.25) is 0 Å². The minimum atomic E-state index is -1.38. The first-order chi connectivity index (χ1) is 13.5. The Bertz CT molecular complexity index is 863. The molecule has 2 aromatic heterocycles. The molecule has 2 aromatic rings. The molecule has 2 aliphatic rings. The Balaban J connectivity index is 1.58. The van der Waals surface area contributed by atoms with Crippen LogP contribution in [0.4, 0.5) is 5.82 Å². The number of aromatic nitrogens is 4. The second-order valence-corrected chi connectivity index (χ2v) is 6.86. The average Bonchev–Trinajstić information content (AvgIpc) is 3.34. The highest BCUT2D eigenvalue weighted by atomic mass is 17.0. The van der Waals surface area contributed by atoms with Gasteiger partial charge in [0, 0.05) is 0 Å². The molecule has 0 spiro atoms. The molecule has 0 aromatic carbocycles. The minimum absolute atomic E-state index is 0.137. The maximum Gasteiger partial charge on any atom is 0.294 e. The lowest BCUT2D eigenvalue weighted by atomic mass is 10.1. The molecule has 0 radical (unpaired) electrons. The molecule has 152 valence electrons. The highest BCUT2D eigenvalue weighted by molar-refractivity contribution is 5.82. The van der Waals surface area contributed by atoms with E-state index in [0.717, 1.165) is 12.8 Å². The van der Waals surface area contributed by atoms with Crippen molar-refractivity contribution in [2.75, 3.05) is 11.9 Å². The summed E-state index contributed by atoms with van der Waals surface area (Å²) in [6, 6.07) is -0.137. The van der Waals surface area contributed by atoms with Crippen molar-refractivity contribution in [3.8, 4) is 0 Å². The van der Waals surface area contributed by atoms with E-state index >= 15 is 0 Å². The number of hydrogen-bond donors (Lipinski definition) is 4. The molecule has 4 N–H and O–H groups in total. The van der Waals surface area contributed by atoms with Crippen LogP contribution in [0.2, 0.25) is 0 Å². The molecular weight excluding hydrogens is 376 g/mol. The van der Waals surface area contributed by atoms with E-state index in [4.69, 9.17) is 4.74 Å². The van der Waals surface area contributed by atoms with Crippen LogP contribution in [0.1, 0.15) is 25.5 Å². The van der Waals surface area contributed by atoms with Crippen molar-refractivity contribution >= 4 is 17.0 Å². The number of nitrogens with one attached hydrogen (secondary N) is 1. The molecule has 6 atom stereocenters. The van der Waals surface area contributed by atoms with E-state index in [-0.39, 0.29) is 6.04 Å². The lowest BCUT2D eigenvalue weighted by Gasteiger charge is -2.18. The number of rotatable bonds is 6. The summed E-state index contributed by atoms with van der Waals surface area (Å²) in [7, 11) is 0. The molecule has 3 heterocycles. The second kappa shape index (κ2) is 7.43. The van der Waals surface area contributed by atoms with Gasteiger partial charge in [-0.05, 0) is 19.3 Å². The van der Waals surface area contributed by atoms with Gasteiger partial charge < -0.3 is 30.2 Å². The number of nitrogens with zero attached hydrogens (tertiary/aromatic N) is 5. The molecule has 28 heavy (non-hydrogen) atoms. The van der Waals surface area contributed by atoms with E-state index in [1.165, 1.54) is 17.2 Å². The number of aliphatic hydroxyl groups excluding tert-OH is 3. The van der Waals surface area contributed by atoms with Crippen LogP contribution < -0.4 is 5.32 Å². The Kier molecular flexibility index (Phi) is 4.97. The molecule has 0 amide bonds. The van der Waals surface area contributed by atoms with Gasteiger partial charge >= 0.3 is 0 Å². The maximum absolute atomic E-state index is 10.4. The van der Waals surface area contributed by atoms with Crippen LogP contribution in [0.25, 0.3) is 11.2 Å². The van der Waals surface area contributed by atoms with Gasteiger partial charge in [-0.3, -0.25) is 4.57 Å². The van der Waals surface area contributed by atoms with Crippen molar-refractivity contribution in [3.63, 3.8) is 0 Å². The first kappa shape index (κ1) is 18.7. The van der Waals surface area contributed by atoms with Gasteiger partial charge in [0.1, 0.15) is 31.2 Å². The van der Waals surface area contributed by atoms with Gasteiger partial charge in [-0.2, -0.15) is 0 Å². The van der Waals surface area contributed by atoms with Crippen molar-refractivity contribution in [2.24, 2.45) is 0 Å². The number of ether oxygens (including phenoxy) is 1. The van der Waals surface area contributed by atoms with Crippen molar-refractivity contribution < 1.29 is 30.0 Å². The number of anilines is 1. The third kappa shape index (κ3) is 3.32. The molecular formula is C15H20N6O7. The Hall–Kier alpha value is -2.61. The summed E-state index contributed by atoms with van der Waals surface area (Å²) in [5.74, 6) is 0.441. The second-order valence-electron chi connectivity index (χ2n) is 6.86. The molecule has 4 rings (SSSR count). The van der Waals surface area contributed by atoms with Crippen molar-refractivity contribution in [3.05, 3.63) is 22.8 Å². The van der Waals surface area contributed by atoms with Crippen LogP contribution in [0, 0.1) is 10.1 Å². The molecule has 0 bridgehead atoms. The van der Waals surface area contributed by atoms with Crippen LogP contribution >= 0.6 is 0 Å². The van der Waals surface area contributed by atoms with Gasteiger partial charge in [-0.25, -0.2) is 15.0 Å². The first-order valence-electron chi connectivity index (χ1n) is 8.86. The van der Waals surface area contributed by atoms with Crippen LogP contribution in [0.15, 0.2) is 12.7 Å². The van der Waals surface area contributed by atoms with E-state index in [1.807, 2.05) is 0 Å². The third-order valence-electron chi connectivity index (χ3n) is 5.12. The predicted octanol–water partition coefficient (Wildman–Crippen LogP) is -1.02. The van der Waals surface area contributed by atoms with Crippen molar-refractivity contribution in [2.45, 2.75) is 55.9 Å². The average molecular weight is 396 g/mol. The van der Waals surface area contributed by atoms with Crippen LogP contribution in [0.5, 0.6) is 0 Å². The van der Waals surface area contributed by atoms with E-state index in [0.29, 0.717) is 23.4 Å². The number of imidazole rings is 1. The highest BCUT2D eigenvalue weighted by Gasteiger charge is 2.44. The van der Waals surface area contributed by atoms with Gasteiger partial charge in [0.15, 0.2) is 23.2 Å². The van der Waals surface area contributed by atoms with E-state index in [9.17, 15) is 25.4 Å². The van der Waals surface area contributed by atoms with Crippen LogP contribution in [-0.2, 0) is 9.57 Å². The molecule has 1 saturated heterocycles. The Morgan fingerprint density at radius 1 is 1.29 bits per heavy atom. The smallest absolute Gasteiger partial charge is 0.294 e. The quantitative estimate of drug-likeness (QED) is 0.347. The molecule has 13 heteroatoms. The number of fused-ring (bicyclic) bond motifs is 1. The summed E-state index contributed by atoms with van der Waals surface area (Å²) in [6.07, 6.45) is -0.218. The van der Waals surface area contributed by atoms with E-state index < -0.39 is 42.3 Å². The van der Waals surface area contributed by atoms with Gasteiger partial charge in [-0.1, -0.05) is 0 Å². The maximum atomic E-state index is 10.4. The summed E-state index contributed by atoms with van der Waals surface area (Å²) in [4.78, 5) is 27.2. The molecule has 13 nitrogen and oxygen atoms in total. The van der Waals surface area contributed by atoms with Crippen LogP contribution in [-0.4, -0.2) is 77.0 Å². The minimum Gasteiger partial charge on any atom is -0.391 e. The zero-order valence-electron chi connectivity index (χ0n) is 14.7. The van der Waals surface area contributed by atoms with Crippen molar-refractivity contribution in [1.29, 1.82) is 0 Å². The zero-order chi connectivity index (χ0) is 19.8. The third-order valence-corrected chi connectivity index (χ3v) is 5.12. The summed E-state index contributed by atoms with van der Waals surface area (Å²) < 4.78 is 6.98. The molecule has 1 aliphatic heterocycles. The SMILES string of the molecule is O=[N+]([O-])OC[C@H]1O[C@@H](n2cnc3c(N[C@H]4CCC[C@H]4O)ncnc32)[C@H](O)[C@@H]1O. The molecule has 1 aliphatic carbocycles. The molecule has 1 saturated carbocycles. The summed E-state index contributed by atoms with van der Waals surface area (Å²) >= 11 is 0. The fourth-order valence-corrected chi connectivity index (χ4v) is 3.66. The van der Waals surface area contributed by atoms with Crippen molar-refractivity contribution in [1.82, 2.24) is 19.5 Å². The Labute approximate surface area is 158 Å². The van der Waals surface area contributed by atoms with E-state index in [2.05, 4.69) is 25.1 Å². The summed E-state index contributed by atoms with van der Waals surface area (Å²) in [6.45, 7) is -0.518. The van der Waals surface area contributed by atoms with E-state index in [1.54, 1.807) is 0 Å². The van der Waals surface area contributed by atoms with Crippen LogP contribution in [0.3, 0.4) is 0 Å². The number of hydrogen-bond acceptors (Lipinski definition) is 11.